The highest BCUT2D eigenvalue weighted by Gasteiger charge is 2.37. The topological polar surface area (TPSA) is 26.3 Å². The van der Waals surface area contributed by atoms with Gasteiger partial charge in [0.1, 0.15) is 6.61 Å². The van der Waals surface area contributed by atoms with Crippen LogP contribution in [0.15, 0.2) is 91.0 Å². The maximum atomic E-state index is 11.9. The molecule has 0 saturated heterocycles. The van der Waals surface area contributed by atoms with Gasteiger partial charge in [0.25, 0.3) is 0 Å². The monoisotopic (exact) mass is 348 g/mol. The van der Waals surface area contributed by atoms with Gasteiger partial charge in [0.2, 0.25) is 0 Å². The van der Waals surface area contributed by atoms with Crippen LogP contribution in [-0.2, 0) is 14.9 Å². The Hall–Kier alpha value is -2.44. The first-order chi connectivity index (χ1) is 12.3. The van der Waals surface area contributed by atoms with Crippen LogP contribution in [0.5, 0.6) is 0 Å². The molecule has 1 unspecified atom stereocenters. The smallest absolute Gasteiger partial charge is 0.309 e. The van der Waals surface area contributed by atoms with Crippen molar-refractivity contribution in [1.82, 2.24) is 0 Å². The SMILES string of the molecule is O=C(CP)OCC(c1ccccc1)(c1ccccc1)c1ccccc1. The van der Waals surface area contributed by atoms with Crippen LogP contribution in [0, 0.1) is 0 Å². The second-order valence-electron chi connectivity index (χ2n) is 5.87. The first kappa shape index (κ1) is 17.4. The Labute approximate surface area is 151 Å². The van der Waals surface area contributed by atoms with E-state index in [-0.39, 0.29) is 18.7 Å². The van der Waals surface area contributed by atoms with Crippen molar-refractivity contribution >= 4 is 15.2 Å². The molecule has 25 heavy (non-hydrogen) atoms. The highest BCUT2D eigenvalue weighted by atomic mass is 31.0. The van der Waals surface area contributed by atoms with E-state index in [1.165, 1.54) is 0 Å². The van der Waals surface area contributed by atoms with Crippen LogP contribution >= 0.6 is 9.24 Å². The van der Waals surface area contributed by atoms with Crippen molar-refractivity contribution < 1.29 is 9.53 Å². The van der Waals surface area contributed by atoms with Crippen molar-refractivity contribution in [3.8, 4) is 0 Å². The Morgan fingerprint density at radius 3 is 1.40 bits per heavy atom. The first-order valence-corrected chi connectivity index (χ1v) is 9.11. The van der Waals surface area contributed by atoms with E-state index in [0.717, 1.165) is 16.7 Å². The zero-order valence-electron chi connectivity index (χ0n) is 14.0. The summed E-state index contributed by atoms with van der Waals surface area (Å²) < 4.78 is 5.66. The van der Waals surface area contributed by atoms with Crippen LogP contribution in [0.3, 0.4) is 0 Å². The maximum absolute atomic E-state index is 11.9. The highest BCUT2D eigenvalue weighted by Crippen LogP contribution is 2.39. The van der Waals surface area contributed by atoms with Gasteiger partial charge < -0.3 is 4.74 Å². The lowest BCUT2D eigenvalue weighted by Gasteiger charge is -2.35. The summed E-state index contributed by atoms with van der Waals surface area (Å²) in [6.45, 7) is 0.262. The van der Waals surface area contributed by atoms with Gasteiger partial charge in [-0.3, -0.25) is 4.79 Å². The van der Waals surface area contributed by atoms with Gasteiger partial charge in [0, 0.05) is 0 Å². The minimum atomic E-state index is -0.542. The van der Waals surface area contributed by atoms with Crippen molar-refractivity contribution in [2.45, 2.75) is 5.41 Å². The first-order valence-electron chi connectivity index (χ1n) is 8.29. The van der Waals surface area contributed by atoms with Gasteiger partial charge in [-0.1, -0.05) is 91.0 Å². The van der Waals surface area contributed by atoms with Gasteiger partial charge in [-0.15, -0.1) is 9.24 Å². The number of carbonyl (C=O) groups excluding carboxylic acids is 1. The van der Waals surface area contributed by atoms with E-state index in [2.05, 4.69) is 45.6 Å². The van der Waals surface area contributed by atoms with E-state index in [0.29, 0.717) is 0 Å². The summed E-state index contributed by atoms with van der Waals surface area (Å²) in [6.07, 6.45) is 0.286. The fourth-order valence-corrected chi connectivity index (χ4v) is 3.28. The number of benzene rings is 3. The molecule has 126 valence electrons. The van der Waals surface area contributed by atoms with E-state index in [1.807, 2.05) is 54.6 Å². The Balaban J connectivity index is 2.22. The number of hydrogen-bond donors (Lipinski definition) is 0. The minimum Gasteiger partial charge on any atom is -0.464 e. The van der Waals surface area contributed by atoms with Gasteiger partial charge in [0.15, 0.2) is 0 Å². The van der Waals surface area contributed by atoms with E-state index in [9.17, 15) is 4.79 Å². The number of esters is 1. The van der Waals surface area contributed by atoms with Gasteiger partial charge >= 0.3 is 5.97 Å². The van der Waals surface area contributed by atoms with Crippen molar-refractivity contribution in [2.75, 3.05) is 12.8 Å². The molecule has 0 aliphatic heterocycles. The van der Waals surface area contributed by atoms with Crippen LogP contribution < -0.4 is 0 Å². The largest absolute Gasteiger partial charge is 0.464 e. The molecule has 3 heteroatoms. The van der Waals surface area contributed by atoms with Crippen molar-refractivity contribution in [3.63, 3.8) is 0 Å². The summed E-state index contributed by atoms with van der Waals surface area (Å²) in [5.41, 5.74) is 2.76. The number of ether oxygens (including phenoxy) is 1. The van der Waals surface area contributed by atoms with Crippen LogP contribution in [0.2, 0.25) is 0 Å². The Kier molecular flexibility index (Phi) is 5.63. The van der Waals surface area contributed by atoms with Crippen LogP contribution in [0.25, 0.3) is 0 Å². The number of rotatable bonds is 6. The molecule has 0 saturated carbocycles. The summed E-state index contributed by atoms with van der Waals surface area (Å²) in [7, 11) is 2.42. The third kappa shape index (κ3) is 3.65. The fourth-order valence-electron chi connectivity index (χ4n) is 3.17. The predicted molar refractivity (Wildman–Crippen MR) is 105 cm³/mol. The van der Waals surface area contributed by atoms with Gasteiger partial charge in [-0.05, 0) is 16.7 Å². The van der Waals surface area contributed by atoms with Crippen LogP contribution in [0.4, 0.5) is 0 Å². The molecule has 0 spiro atoms. The van der Waals surface area contributed by atoms with Gasteiger partial charge in [0.05, 0.1) is 11.6 Å². The molecule has 0 fully saturated rings. The minimum absolute atomic E-state index is 0.225. The zero-order valence-corrected chi connectivity index (χ0v) is 15.1. The Bertz CT molecular complexity index is 705. The molecule has 0 aliphatic rings. The molecule has 0 heterocycles. The summed E-state index contributed by atoms with van der Waals surface area (Å²) in [5, 5.41) is 0. The number of carbonyl (C=O) groups is 1. The standard InChI is InChI=1S/C22H21O2P/c23-21(16-25)24-17-22(18-10-4-1-5-11-18,19-12-6-2-7-13-19)20-14-8-3-9-15-20/h1-15H,16-17,25H2. The highest BCUT2D eigenvalue weighted by molar-refractivity contribution is 7.18. The quantitative estimate of drug-likeness (QED) is 0.374. The molecule has 3 aromatic carbocycles. The summed E-state index contributed by atoms with van der Waals surface area (Å²) in [4.78, 5) is 11.9. The van der Waals surface area contributed by atoms with E-state index in [4.69, 9.17) is 4.74 Å². The third-order valence-corrected chi connectivity index (χ3v) is 4.75. The van der Waals surface area contributed by atoms with E-state index in [1.54, 1.807) is 0 Å². The lowest BCUT2D eigenvalue weighted by molar-refractivity contribution is -0.141. The normalized spacial score (nSPS) is 11.1. The molecule has 0 amide bonds. The average Bonchev–Trinajstić information content (AvgIpc) is 2.71. The van der Waals surface area contributed by atoms with E-state index >= 15 is 0 Å². The average molecular weight is 348 g/mol. The third-order valence-electron chi connectivity index (χ3n) is 4.42. The summed E-state index contributed by atoms with van der Waals surface area (Å²) >= 11 is 0. The van der Waals surface area contributed by atoms with E-state index < -0.39 is 5.41 Å². The van der Waals surface area contributed by atoms with Gasteiger partial charge in [-0.25, -0.2) is 0 Å². The molecule has 0 N–H and O–H groups in total. The molecule has 2 nitrogen and oxygen atoms in total. The Morgan fingerprint density at radius 1 is 0.720 bits per heavy atom. The molecule has 0 bridgehead atoms. The molecular weight excluding hydrogens is 327 g/mol. The van der Waals surface area contributed by atoms with Crippen molar-refractivity contribution in [2.24, 2.45) is 0 Å². The second-order valence-corrected chi connectivity index (χ2v) is 6.28. The molecule has 3 aromatic rings. The molecule has 1 atom stereocenters. The Morgan fingerprint density at radius 2 is 1.08 bits per heavy atom. The molecule has 0 radical (unpaired) electrons. The van der Waals surface area contributed by atoms with Crippen LogP contribution in [0.1, 0.15) is 16.7 Å². The van der Waals surface area contributed by atoms with Crippen LogP contribution in [-0.4, -0.2) is 18.7 Å². The molecular formula is C22H21O2P. The summed E-state index contributed by atoms with van der Waals surface area (Å²) in [6, 6.07) is 30.7. The fraction of sp³-hybridized carbons (Fsp3) is 0.136. The van der Waals surface area contributed by atoms with Crippen molar-refractivity contribution in [3.05, 3.63) is 108 Å². The second kappa shape index (κ2) is 8.09. The molecule has 0 aromatic heterocycles. The number of hydrogen-bond acceptors (Lipinski definition) is 2. The van der Waals surface area contributed by atoms with Gasteiger partial charge in [-0.2, -0.15) is 0 Å². The molecule has 3 rings (SSSR count). The predicted octanol–water partition coefficient (Wildman–Crippen LogP) is 4.44. The lowest BCUT2D eigenvalue weighted by Crippen LogP contribution is -2.36. The molecule has 0 aliphatic carbocycles. The summed E-state index contributed by atoms with van der Waals surface area (Å²) in [5.74, 6) is -0.225. The lowest BCUT2D eigenvalue weighted by atomic mass is 9.70. The van der Waals surface area contributed by atoms with Crippen molar-refractivity contribution in [1.29, 1.82) is 0 Å². The maximum Gasteiger partial charge on any atom is 0.309 e. The zero-order chi connectivity index (χ0) is 17.5.